The molecule has 0 radical (unpaired) electrons. The van der Waals surface area contributed by atoms with Gasteiger partial charge in [0, 0.05) is 19.6 Å². The van der Waals surface area contributed by atoms with Crippen LogP contribution in [0.5, 0.6) is 0 Å². The molecule has 0 spiro atoms. The number of ether oxygens (including phenoxy) is 2. The van der Waals surface area contributed by atoms with E-state index < -0.39 is 10.9 Å². The average Bonchev–Trinajstić information content (AvgIpc) is 2.38. The molecular weight excluding hydrogens is 238 g/mol. The molecule has 0 fully saturated rings. The number of carbonyl (C=O) groups is 1. The molecule has 0 unspecified atom stereocenters. The molecule has 0 saturated heterocycles. The van der Waals surface area contributed by atoms with E-state index in [-0.39, 0.29) is 24.0 Å². The summed E-state index contributed by atoms with van der Waals surface area (Å²) in [6, 6.07) is 5.71. The van der Waals surface area contributed by atoms with Crippen molar-refractivity contribution in [2.24, 2.45) is 0 Å². The van der Waals surface area contributed by atoms with Crippen molar-refractivity contribution in [2.75, 3.05) is 13.7 Å². The predicted molar refractivity (Wildman–Crippen MR) is 64.5 cm³/mol. The number of methoxy groups -OCH3 is 1. The van der Waals surface area contributed by atoms with E-state index in [1.807, 2.05) is 6.92 Å². The van der Waals surface area contributed by atoms with E-state index >= 15 is 0 Å². The topological polar surface area (TPSA) is 78.7 Å². The van der Waals surface area contributed by atoms with Gasteiger partial charge in [0.1, 0.15) is 5.56 Å². The maximum atomic E-state index is 11.7. The van der Waals surface area contributed by atoms with Crippen LogP contribution in [-0.2, 0) is 9.47 Å². The molecule has 1 aromatic rings. The standard InChI is InChI=1S/C12H15NO5/c1-9(17-2)7-8-18-12(14)10-5-3-4-6-11(10)13(15)16/h3-6,9H,7-8H2,1-2H3/t9-/m0/s1. The van der Waals surface area contributed by atoms with Gasteiger partial charge >= 0.3 is 5.97 Å². The summed E-state index contributed by atoms with van der Waals surface area (Å²) in [4.78, 5) is 21.8. The van der Waals surface area contributed by atoms with E-state index in [0.29, 0.717) is 6.42 Å². The zero-order valence-electron chi connectivity index (χ0n) is 10.3. The number of hydrogen-bond acceptors (Lipinski definition) is 5. The summed E-state index contributed by atoms with van der Waals surface area (Å²) in [5.41, 5.74) is -0.283. The maximum Gasteiger partial charge on any atom is 0.345 e. The Morgan fingerprint density at radius 3 is 2.72 bits per heavy atom. The predicted octanol–water partition coefficient (Wildman–Crippen LogP) is 2.18. The number of nitro benzene ring substituents is 1. The van der Waals surface area contributed by atoms with Crippen molar-refractivity contribution in [3.8, 4) is 0 Å². The molecule has 6 nitrogen and oxygen atoms in total. The summed E-state index contributed by atoms with van der Waals surface area (Å²) in [5, 5.41) is 10.7. The maximum absolute atomic E-state index is 11.7. The highest BCUT2D eigenvalue weighted by Gasteiger charge is 2.20. The van der Waals surface area contributed by atoms with E-state index in [0.717, 1.165) is 0 Å². The molecule has 0 aliphatic heterocycles. The minimum atomic E-state index is -0.689. The van der Waals surface area contributed by atoms with Crippen LogP contribution in [0.25, 0.3) is 0 Å². The lowest BCUT2D eigenvalue weighted by Gasteiger charge is -2.09. The van der Waals surface area contributed by atoms with Gasteiger partial charge in [-0.15, -0.1) is 0 Å². The molecule has 0 N–H and O–H groups in total. The lowest BCUT2D eigenvalue weighted by atomic mass is 10.2. The zero-order chi connectivity index (χ0) is 13.5. The number of nitro groups is 1. The van der Waals surface area contributed by atoms with Crippen LogP contribution in [0.4, 0.5) is 5.69 Å². The van der Waals surface area contributed by atoms with Crippen molar-refractivity contribution in [3.63, 3.8) is 0 Å². The SMILES string of the molecule is CO[C@@H](C)CCOC(=O)c1ccccc1[N+](=O)[O-]. The molecule has 0 heterocycles. The van der Waals surface area contributed by atoms with Crippen LogP contribution in [0, 0.1) is 10.1 Å². The monoisotopic (exact) mass is 253 g/mol. The lowest BCUT2D eigenvalue weighted by Crippen LogP contribution is -2.13. The average molecular weight is 253 g/mol. The van der Waals surface area contributed by atoms with Gasteiger partial charge in [0.05, 0.1) is 17.6 Å². The number of para-hydroxylation sites is 1. The van der Waals surface area contributed by atoms with Gasteiger partial charge in [-0.2, -0.15) is 0 Å². The van der Waals surface area contributed by atoms with Gasteiger partial charge in [-0.3, -0.25) is 10.1 Å². The van der Waals surface area contributed by atoms with Crippen molar-refractivity contribution in [1.82, 2.24) is 0 Å². The number of hydrogen-bond donors (Lipinski definition) is 0. The molecule has 0 aliphatic rings. The molecular formula is C12H15NO5. The first-order valence-corrected chi connectivity index (χ1v) is 5.49. The smallest absolute Gasteiger partial charge is 0.345 e. The summed E-state index contributed by atoms with van der Waals surface area (Å²) in [6.45, 7) is 2.01. The zero-order valence-corrected chi connectivity index (χ0v) is 10.3. The quantitative estimate of drug-likeness (QED) is 0.441. The van der Waals surface area contributed by atoms with Gasteiger partial charge in [-0.1, -0.05) is 12.1 Å². The van der Waals surface area contributed by atoms with E-state index in [1.54, 1.807) is 13.2 Å². The molecule has 0 aromatic heterocycles. The van der Waals surface area contributed by atoms with Crippen LogP contribution in [0.15, 0.2) is 24.3 Å². The van der Waals surface area contributed by atoms with Crippen molar-refractivity contribution in [2.45, 2.75) is 19.4 Å². The molecule has 1 aromatic carbocycles. The Morgan fingerprint density at radius 1 is 1.44 bits per heavy atom. The van der Waals surface area contributed by atoms with Crippen molar-refractivity contribution < 1.29 is 19.2 Å². The highest BCUT2D eigenvalue weighted by Crippen LogP contribution is 2.18. The largest absolute Gasteiger partial charge is 0.462 e. The fraction of sp³-hybridized carbons (Fsp3) is 0.417. The first kappa shape index (κ1) is 14.1. The van der Waals surface area contributed by atoms with E-state index in [1.165, 1.54) is 18.2 Å². The second-order valence-corrected chi connectivity index (χ2v) is 3.75. The molecule has 0 amide bonds. The highest BCUT2D eigenvalue weighted by molar-refractivity contribution is 5.93. The fourth-order valence-corrected chi connectivity index (χ4v) is 1.32. The van der Waals surface area contributed by atoms with Crippen LogP contribution < -0.4 is 0 Å². The third-order valence-corrected chi connectivity index (χ3v) is 2.48. The number of rotatable bonds is 6. The van der Waals surface area contributed by atoms with Gasteiger partial charge in [-0.25, -0.2) is 4.79 Å². The number of nitrogens with zero attached hydrogens (tertiary/aromatic N) is 1. The minimum absolute atomic E-state index is 0.0245. The third-order valence-electron chi connectivity index (χ3n) is 2.48. The second kappa shape index (κ2) is 6.70. The molecule has 6 heteroatoms. The minimum Gasteiger partial charge on any atom is -0.462 e. The van der Waals surface area contributed by atoms with Crippen LogP contribution in [0.2, 0.25) is 0 Å². The van der Waals surface area contributed by atoms with Gasteiger partial charge in [-0.05, 0) is 13.0 Å². The van der Waals surface area contributed by atoms with Gasteiger partial charge in [0.25, 0.3) is 5.69 Å². The number of benzene rings is 1. The summed E-state index contributed by atoms with van der Waals surface area (Å²) >= 11 is 0. The molecule has 0 bridgehead atoms. The number of carbonyl (C=O) groups excluding carboxylic acids is 1. The second-order valence-electron chi connectivity index (χ2n) is 3.75. The summed E-state index contributed by atoms with van der Waals surface area (Å²) in [7, 11) is 1.56. The van der Waals surface area contributed by atoms with E-state index in [4.69, 9.17) is 9.47 Å². The van der Waals surface area contributed by atoms with E-state index in [2.05, 4.69) is 0 Å². The van der Waals surface area contributed by atoms with Crippen molar-refractivity contribution >= 4 is 11.7 Å². The van der Waals surface area contributed by atoms with Crippen molar-refractivity contribution in [3.05, 3.63) is 39.9 Å². The van der Waals surface area contributed by atoms with Crippen LogP contribution >= 0.6 is 0 Å². The van der Waals surface area contributed by atoms with Gasteiger partial charge in [0.15, 0.2) is 0 Å². The Hall–Kier alpha value is -1.95. The Labute approximate surface area is 105 Å². The Bertz CT molecular complexity index is 432. The Morgan fingerprint density at radius 2 is 2.11 bits per heavy atom. The first-order valence-electron chi connectivity index (χ1n) is 5.49. The van der Waals surface area contributed by atoms with E-state index in [9.17, 15) is 14.9 Å². The molecule has 18 heavy (non-hydrogen) atoms. The molecule has 98 valence electrons. The summed E-state index contributed by atoms with van der Waals surface area (Å²) < 4.78 is 9.97. The third kappa shape index (κ3) is 3.81. The Kier molecular flexibility index (Phi) is 5.26. The molecule has 0 saturated carbocycles. The number of esters is 1. The Balaban J connectivity index is 2.64. The van der Waals surface area contributed by atoms with Crippen LogP contribution in [-0.4, -0.2) is 30.7 Å². The van der Waals surface area contributed by atoms with Crippen LogP contribution in [0.1, 0.15) is 23.7 Å². The lowest BCUT2D eigenvalue weighted by molar-refractivity contribution is -0.385. The van der Waals surface area contributed by atoms with Gasteiger partial charge < -0.3 is 9.47 Å². The molecule has 0 aliphatic carbocycles. The highest BCUT2D eigenvalue weighted by atomic mass is 16.6. The first-order chi connectivity index (χ1) is 8.56. The molecule has 1 rings (SSSR count). The normalized spacial score (nSPS) is 11.9. The fourth-order valence-electron chi connectivity index (χ4n) is 1.32. The van der Waals surface area contributed by atoms with Crippen LogP contribution in [0.3, 0.4) is 0 Å². The van der Waals surface area contributed by atoms with Crippen molar-refractivity contribution in [1.29, 1.82) is 0 Å². The molecule has 1 atom stereocenters. The summed E-state index contributed by atoms with van der Waals surface area (Å²) in [5.74, 6) is -0.689. The summed E-state index contributed by atoms with van der Waals surface area (Å²) in [6.07, 6.45) is 0.520. The van der Waals surface area contributed by atoms with Gasteiger partial charge in [0.2, 0.25) is 0 Å².